The van der Waals surface area contributed by atoms with Crippen molar-refractivity contribution in [3.8, 4) is 0 Å². The fraction of sp³-hybridized carbons (Fsp3) is 0.0769. The van der Waals surface area contributed by atoms with E-state index in [2.05, 4.69) is 0 Å². The topological polar surface area (TPSA) is 130 Å². The van der Waals surface area contributed by atoms with Crippen LogP contribution in [0.5, 0.6) is 0 Å². The van der Waals surface area contributed by atoms with E-state index in [1.54, 1.807) is 6.07 Å². The highest BCUT2D eigenvalue weighted by atomic mass is 32.2. The van der Waals surface area contributed by atoms with Gasteiger partial charge in [-0.05, 0) is 18.2 Å². The summed E-state index contributed by atoms with van der Waals surface area (Å²) in [6, 6.07) is 10.3. The van der Waals surface area contributed by atoms with Crippen molar-refractivity contribution in [1.29, 1.82) is 0 Å². The summed E-state index contributed by atoms with van der Waals surface area (Å²) in [6.45, 7) is -0.815. The second-order valence-electron chi connectivity index (χ2n) is 4.32. The molecule has 0 radical (unpaired) electrons. The van der Waals surface area contributed by atoms with E-state index in [1.165, 1.54) is 24.3 Å². The third-order valence-electron chi connectivity index (χ3n) is 2.91. The van der Waals surface area contributed by atoms with Crippen LogP contribution in [0.25, 0.3) is 0 Å². The lowest BCUT2D eigenvalue weighted by molar-refractivity contribution is -0.396. The molecule has 120 valence electrons. The van der Waals surface area contributed by atoms with Gasteiger partial charge in [0.05, 0.1) is 14.7 Å². The predicted molar refractivity (Wildman–Crippen MR) is 78.2 cm³/mol. The van der Waals surface area contributed by atoms with Crippen molar-refractivity contribution in [2.45, 2.75) is 11.5 Å². The van der Waals surface area contributed by atoms with Gasteiger partial charge in [0, 0.05) is 12.1 Å². The fourth-order valence-electron chi connectivity index (χ4n) is 1.84. The number of hydrogen-bond acceptors (Lipinski definition) is 7. The Bertz CT molecular complexity index is 818. The average molecular weight is 338 g/mol. The molecule has 0 atom stereocenters. The largest absolute Gasteiger partial charge is 0.297 e. The Morgan fingerprint density at radius 3 is 1.87 bits per heavy atom. The molecule has 0 saturated heterocycles. The van der Waals surface area contributed by atoms with E-state index in [4.69, 9.17) is 4.18 Å². The highest BCUT2D eigenvalue weighted by molar-refractivity contribution is 7.86. The van der Waals surface area contributed by atoms with Crippen LogP contribution in [0.2, 0.25) is 0 Å². The molecule has 0 heterocycles. The maximum absolute atomic E-state index is 12.0. The minimum Gasteiger partial charge on any atom is -0.261 e. The van der Waals surface area contributed by atoms with E-state index in [9.17, 15) is 28.6 Å². The van der Waals surface area contributed by atoms with Gasteiger partial charge in [0.2, 0.25) is 0 Å². The van der Waals surface area contributed by atoms with E-state index in [-0.39, 0.29) is 4.90 Å². The molecule has 0 aliphatic carbocycles. The summed E-state index contributed by atoms with van der Waals surface area (Å²) in [4.78, 5) is 20.1. The van der Waals surface area contributed by atoms with Crippen molar-refractivity contribution in [3.63, 3.8) is 0 Å². The Hall–Kier alpha value is -2.85. The van der Waals surface area contributed by atoms with Crippen molar-refractivity contribution in [3.05, 3.63) is 74.3 Å². The molecule has 2 aromatic rings. The van der Waals surface area contributed by atoms with Crippen molar-refractivity contribution >= 4 is 21.5 Å². The van der Waals surface area contributed by atoms with Crippen LogP contribution in [0.1, 0.15) is 5.56 Å². The van der Waals surface area contributed by atoms with Crippen LogP contribution in [0.4, 0.5) is 11.4 Å². The molecule has 0 aromatic heterocycles. The van der Waals surface area contributed by atoms with Crippen LogP contribution in [0.15, 0.2) is 53.4 Å². The van der Waals surface area contributed by atoms with Crippen LogP contribution in [-0.2, 0) is 20.9 Å². The van der Waals surface area contributed by atoms with Crippen LogP contribution < -0.4 is 0 Å². The molecular formula is C13H10N2O7S. The first-order valence-corrected chi connectivity index (χ1v) is 7.59. The lowest BCUT2D eigenvalue weighted by Crippen LogP contribution is -2.09. The second-order valence-corrected chi connectivity index (χ2v) is 5.93. The maximum atomic E-state index is 12.0. The first-order chi connectivity index (χ1) is 10.8. The molecule has 2 rings (SSSR count). The van der Waals surface area contributed by atoms with Gasteiger partial charge in [-0.3, -0.25) is 24.4 Å². The standard InChI is InChI=1S/C13H10N2O7S/c16-14(17)12-7-4-8-13(15(18)19)11(12)9-22-23(20,21)10-5-2-1-3-6-10/h1-8H,9H2. The smallest absolute Gasteiger partial charge is 0.261 e. The van der Waals surface area contributed by atoms with Crippen molar-refractivity contribution in [2.75, 3.05) is 0 Å². The van der Waals surface area contributed by atoms with Crippen LogP contribution in [0, 0.1) is 20.2 Å². The van der Waals surface area contributed by atoms with E-state index in [0.29, 0.717) is 0 Å². The molecule has 0 spiro atoms. The van der Waals surface area contributed by atoms with Crippen molar-refractivity contribution in [2.24, 2.45) is 0 Å². The Kier molecular flexibility index (Phi) is 4.67. The summed E-state index contributed by atoms with van der Waals surface area (Å²) < 4.78 is 28.8. The van der Waals surface area contributed by atoms with Crippen molar-refractivity contribution in [1.82, 2.24) is 0 Å². The minimum absolute atomic E-state index is 0.152. The van der Waals surface area contributed by atoms with Gasteiger partial charge >= 0.3 is 0 Å². The molecule has 0 unspecified atom stereocenters. The molecule has 0 saturated carbocycles. The number of hydrogen-bond donors (Lipinski definition) is 0. The highest BCUT2D eigenvalue weighted by Crippen LogP contribution is 2.29. The molecule has 0 amide bonds. The van der Waals surface area contributed by atoms with Crippen molar-refractivity contribution < 1.29 is 22.4 Å². The summed E-state index contributed by atoms with van der Waals surface area (Å²) in [5, 5.41) is 21.9. The zero-order valence-corrected chi connectivity index (χ0v) is 12.3. The van der Waals surface area contributed by atoms with Gasteiger partial charge < -0.3 is 0 Å². The SMILES string of the molecule is O=[N+]([O-])c1cccc([N+](=O)[O-])c1COS(=O)(=O)c1ccccc1. The average Bonchev–Trinajstić information content (AvgIpc) is 2.53. The zero-order chi connectivity index (χ0) is 17.0. The lowest BCUT2D eigenvalue weighted by atomic mass is 10.1. The van der Waals surface area contributed by atoms with Crippen LogP contribution in [0.3, 0.4) is 0 Å². The normalized spacial score (nSPS) is 11.1. The summed E-state index contributed by atoms with van der Waals surface area (Å²) in [5.74, 6) is 0. The first kappa shape index (κ1) is 16.5. The highest BCUT2D eigenvalue weighted by Gasteiger charge is 2.27. The quantitative estimate of drug-likeness (QED) is 0.449. The van der Waals surface area contributed by atoms with E-state index in [0.717, 1.165) is 18.2 Å². The van der Waals surface area contributed by atoms with Gasteiger partial charge in [-0.1, -0.05) is 18.2 Å². The van der Waals surface area contributed by atoms with Gasteiger partial charge in [-0.25, -0.2) is 0 Å². The Balaban J connectivity index is 2.37. The lowest BCUT2D eigenvalue weighted by Gasteiger charge is -2.06. The maximum Gasteiger partial charge on any atom is 0.297 e. The van der Waals surface area contributed by atoms with E-state index >= 15 is 0 Å². The molecule has 0 N–H and O–H groups in total. The molecule has 10 heteroatoms. The van der Waals surface area contributed by atoms with Crippen LogP contribution >= 0.6 is 0 Å². The number of benzene rings is 2. The summed E-state index contributed by atoms with van der Waals surface area (Å²) in [7, 11) is -4.19. The minimum atomic E-state index is -4.19. The van der Waals surface area contributed by atoms with Gasteiger partial charge in [0.25, 0.3) is 21.5 Å². The monoisotopic (exact) mass is 338 g/mol. The third kappa shape index (κ3) is 3.67. The molecule has 0 aliphatic rings. The van der Waals surface area contributed by atoms with Gasteiger partial charge in [-0.15, -0.1) is 0 Å². The number of nitro groups is 2. The molecule has 0 bridgehead atoms. The predicted octanol–water partition coefficient (Wildman–Crippen LogP) is 2.41. The van der Waals surface area contributed by atoms with E-state index in [1.807, 2.05) is 0 Å². The molecule has 2 aromatic carbocycles. The first-order valence-electron chi connectivity index (χ1n) is 6.18. The third-order valence-corrected chi connectivity index (χ3v) is 4.19. The zero-order valence-electron chi connectivity index (χ0n) is 11.5. The van der Waals surface area contributed by atoms with Gasteiger partial charge in [0.15, 0.2) is 0 Å². The Labute approximate surface area is 130 Å². The van der Waals surface area contributed by atoms with E-state index < -0.39 is 43.5 Å². The van der Waals surface area contributed by atoms with Crippen LogP contribution in [-0.4, -0.2) is 18.3 Å². The summed E-state index contributed by atoms with van der Waals surface area (Å²) >= 11 is 0. The number of rotatable bonds is 6. The summed E-state index contributed by atoms with van der Waals surface area (Å²) in [6.07, 6.45) is 0. The fourth-order valence-corrected chi connectivity index (χ4v) is 2.74. The summed E-state index contributed by atoms with van der Waals surface area (Å²) in [5.41, 5.74) is -1.58. The van der Waals surface area contributed by atoms with Gasteiger partial charge in [-0.2, -0.15) is 8.42 Å². The second kappa shape index (κ2) is 6.50. The molecular weight excluding hydrogens is 328 g/mol. The number of nitro benzene ring substituents is 2. The Morgan fingerprint density at radius 1 is 0.870 bits per heavy atom. The van der Waals surface area contributed by atoms with Gasteiger partial charge in [0.1, 0.15) is 12.2 Å². The Morgan fingerprint density at radius 2 is 1.39 bits per heavy atom. The number of nitrogens with zero attached hydrogens (tertiary/aromatic N) is 2. The molecule has 9 nitrogen and oxygen atoms in total. The molecule has 23 heavy (non-hydrogen) atoms. The molecule has 0 fully saturated rings. The molecule has 0 aliphatic heterocycles.